The third-order valence-corrected chi connectivity index (χ3v) is 2.24. The molecule has 0 saturated heterocycles. The second-order valence-corrected chi connectivity index (χ2v) is 3.52. The van der Waals surface area contributed by atoms with Crippen LogP contribution in [0.1, 0.15) is 18.1 Å². The summed E-state index contributed by atoms with van der Waals surface area (Å²) in [6.45, 7) is 0. The van der Waals surface area contributed by atoms with E-state index >= 15 is 0 Å². The molecule has 15 heavy (non-hydrogen) atoms. The van der Waals surface area contributed by atoms with Crippen molar-refractivity contribution >= 4 is 11.6 Å². The summed E-state index contributed by atoms with van der Waals surface area (Å²) in [6.07, 6.45) is -0.730. The van der Waals surface area contributed by atoms with Crippen LogP contribution in [0, 0.1) is 0 Å². The number of aliphatic hydroxyl groups excluding tert-OH is 2. The Bertz CT molecular complexity index is 379. The average Bonchev–Trinajstić information content (AvgIpc) is 2.21. The molecule has 84 valence electrons. The molecule has 0 aliphatic heterocycles. The van der Waals surface area contributed by atoms with E-state index in [0.29, 0.717) is 0 Å². The van der Waals surface area contributed by atoms with Crippen molar-refractivity contribution in [1.29, 1.82) is 0 Å². The molecule has 0 saturated carbocycles. The van der Waals surface area contributed by atoms with Gasteiger partial charge < -0.3 is 20.3 Å². The Kier molecular flexibility index (Phi) is 4.14. The van der Waals surface area contributed by atoms with Gasteiger partial charge in [0.15, 0.2) is 5.75 Å². The summed E-state index contributed by atoms with van der Waals surface area (Å²) in [5.74, 6) is -0.280. The Morgan fingerprint density at radius 3 is 2.67 bits per heavy atom. The molecule has 0 aliphatic carbocycles. The largest absolute Gasteiger partial charge is 0.503 e. The van der Waals surface area contributed by atoms with Crippen molar-refractivity contribution in [3.8, 4) is 5.75 Å². The minimum absolute atomic E-state index is 0.216. The van der Waals surface area contributed by atoms with Gasteiger partial charge in [-0.15, -0.1) is 11.6 Å². The molecule has 5 nitrogen and oxygen atoms in total. The van der Waals surface area contributed by atoms with Gasteiger partial charge in [-0.05, 0) is 12.5 Å². The molecule has 6 heteroatoms. The van der Waals surface area contributed by atoms with Gasteiger partial charge in [0.2, 0.25) is 0 Å². The van der Waals surface area contributed by atoms with Crippen LogP contribution in [0.15, 0.2) is 17.1 Å². The van der Waals surface area contributed by atoms with Crippen molar-refractivity contribution in [1.82, 2.24) is 4.98 Å². The van der Waals surface area contributed by atoms with E-state index in [2.05, 4.69) is 4.98 Å². The fourth-order valence-corrected chi connectivity index (χ4v) is 1.37. The summed E-state index contributed by atoms with van der Waals surface area (Å²) >= 11 is 5.41. The molecule has 0 radical (unpaired) electrons. The van der Waals surface area contributed by atoms with E-state index in [1.165, 1.54) is 6.20 Å². The molecule has 0 bridgehead atoms. The summed E-state index contributed by atoms with van der Waals surface area (Å²) in [7, 11) is 0. The van der Waals surface area contributed by atoms with Crippen molar-refractivity contribution in [2.75, 3.05) is 5.88 Å². The van der Waals surface area contributed by atoms with Crippen LogP contribution in [-0.4, -0.2) is 32.3 Å². The van der Waals surface area contributed by atoms with Crippen LogP contribution in [0.4, 0.5) is 0 Å². The summed E-state index contributed by atoms with van der Waals surface area (Å²) in [5, 5.41) is 28.1. The maximum Gasteiger partial charge on any atom is 0.290 e. The lowest BCUT2D eigenvalue weighted by atomic mass is 10.0. The van der Waals surface area contributed by atoms with Crippen LogP contribution < -0.4 is 5.56 Å². The molecule has 0 spiro atoms. The van der Waals surface area contributed by atoms with Gasteiger partial charge in [0, 0.05) is 17.6 Å². The topological polar surface area (TPSA) is 93.6 Å². The zero-order valence-corrected chi connectivity index (χ0v) is 8.61. The Hall–Kier alpha value is -1.04. The third-order valence-electron chi connectivity index (χ3n) is 2.02. The summed E-state index contributed by atoms with van der Waals surface area (Å²) in [5.41, 5.74) is -0.400. The number of hydrogen-bond acceptors (Lipinski definition) is 4. The number of aromatic nitrogens is 1. The van der Waals surface area contributed by atoms with Crippen molar-refractivity contribution in [2.24, 2.45) is 0 Å². The zero-order chi connectivity index (χ0) is 11.4. The number of H-pyrrole nitrogens is 1. The van der Waals surface area contributed by atoms with Gasteiger partial charge >= 0.3 is 0 Å². The highest BCUT2D eigenvalue weighted by molar-refractivity contribution is 6.17. The lowest BCUT2D eigenvalue weighted by Crippen LogP contribution is -2.19. The average molecular weight is 234 g/mol. The van der Waals surface area contributed by atoms with E-state index in [0.717, 1.165) is 6.07 Å². The molecule has 0 aromatic carbocycles. The first-order valence-electron chi connectivity index (χ1n) is 4.40. The van der Waals surface area contributed by atoms with E-state index in [-0.39, 0.29) is 17.9 Å². The fourth-order valence-electron chi connectivity index (χ4n) is 1.15. The summed E-state index contributed by atoms with van der Waals surface area (Å²) in [6, 6.07) is 1.11. The Labute approximate surface area is 91.0 Å². The van der Waals surface area contributed by atoms with E-state index in [1.54, 1.807) is 0 Å². The molecular formula is C9H12ClNO4. The summed E-state index contributed by atoms with van der Waals surface area (Å²) < 4.78 is 0. The normalized spacial score (nSPS) is 14.9. The summed E-state index contributed by atoms with van der Waals surface area (Å²) in [4.78, 5) is 13.1. The SMILES string of the molecule is O=c1[nH]cc(C(O)C(O)CCCl)cc1O. The predicted octanol–water partition coefficient (Wildman–Crippen LogP) is 0.104. The van der Waals surface area contributed by atoms with Gasteiger partial charge in [0.05, 0.1) is 6.10 Å². The smallest absolute Gasteiger partial charge is 0.290 e. The standard InChI is InChI=1S/C9H12ClNO4/c10-2-1-6(12)8(14)5-3-7(13)9(15)11-4-5/h3-4,6,8,12-14H,1-2H2,(H,11,15). The molecule has 0 aliphatic rings. The third kappa shape index (κ3) is 2.95. The van der Waals surface area contributed by atoms with Crippen LogP contribution in [-0.2, 0) is 0 Å². The van der Waals surface area contributed by atoms with Crippen molar-refractivity contribution in [2.45, 2.75) is 18.6 Å². The minimum Gasteiger partial charge on any atom is -0.503 e. The molecule has 1 heterocycles. The predicted molar refractivity (Wildman–Crippen MR) is 55.0 cm³/mol. The number of hydrogen-bond donors (Lipinski definition) is 4. The molecule has 1 aromatic heterocycles. The van der Waals surface area contributed by atoms with Crippen LogP contribution in [0.25, 0.3) is 0 Å². The number of aliphatic hydroxyl groups is 2. The second kappa shape index (κ2) is 5.16. The van der Waals surface area contributed by atoms with Gasteiger partial charge in [0.25, 0.3) is 5.56 Å². The highest BCUT2D eigenvalue weighted by atomic mass is 35.5. The second-order valence-electron chi connectivity index (χ2n) is 3.14. The molecule has 1 rings (SSSR count). The molecule has 2 atom stereocenters. The molecule has 2 unspecified atom stereocenters. The monoisotopic (exact) mass is 233 g/mol. The van der Waals surface area contributed by atoms with Crippen LogP contribution >= 0.6 is 11.6 Å². The maximum absolute atomic E-state index is 10.8. The van der Waals surface area contributed by atoms with Crippen molar-refractivity contribution in [3.63, 3.8) is 0 Å². The first-order chi connectivity index (χ1) is 7.06. The molecule has 4 N–H and O–H groups in total. The van der Waals surface area contributed by atoms with Crippen LogP contribution in [0.3, 0.4) is 0 Å². The minimum atomic E-state index is -1.17. The maximum atomic E-state index is 10.8. The van der Waals surface area contributed by atoms with Crippen molar-refractivity contribution in [3.05, 3.63) is 28.2 Å². The van der Waals surface area contributed by atoms with Crippen molar-refractivity contribution < 1.29 is 15.3 Å². The zero-order valence-electron chi connectivity index (χ0n) is 7.85. The van der Waals surface area contributed by atoms with E-state index in [4.69, 9.17) is 16.7 Å². The molecular weight excluding hydrogens is 222 g/mol. The van der Waals surface area contributed by atoms with Gasteiger partial charge in [0.1, 0.15) is 6.10 Å². The van der Waals surface area contributed by atoms with Gasteiger partial charge in [-0.2, -0.15) is 0 Å². The molecule has 0 amide bonds. The Balaban J connectivity index is 2.86. The van der Waals surface area contributed by atoms with E-state index < -0.39 is 23.5 Å². The first-order valence-corrected chi connectivity index (χ1v) is 4.93. The first kappa shape index (κ1) is 12.0. The van der Waals surface area contributed by atoms with E-state index in [1.807, 2.05) is 0 Å². The molecule has 1 aromatic rings. The Morgan fingerprint density at radius 2 is 2.13 bits per heavy atom. The van der Waals surface area contributed by atoms with Crippen LogP contribution in [0.2, 0.25) is 0 Å². The van der Waals surface area contributed by atoms with Gasteiger partial charge in [-0.25, -0.2) is 0 Å². The fraction of sp³-hybridized carbons (Fsp3) is 0.444. The quantitative estimate of drug-likeness (QED) is 0.555. The van der Waals surface area contributed by atoms with Crippen LogP contribution in [0.5, 0.6) is 5.75 Å². The highest BCUT2D eigenvalue weighted by Crippen LogP contribution is 2.19. The number of rotatable bonds is 4. The number of pyridine rings is 1. The highest BCUT2D eigenvalue weighted by Gasteiger charge is 2.18. The van der Waals surface area contributed by atoms with Gasteiger partial charge in [-0.1, -0.05) is 0 Å². The number of alkyl halides is 1. The lowest BCUT2D eigenvalue weighted by Gasteiger charge is -2.16. The number of aromatic hydroxyl groups is 1. The molecule has 0 fully saturated rings. The Morgan fingerprint density at radius 1 is 1.47 bits per heavy atom. The number of aromatic amines is 1. The van der Waals surface area contributed by atoms with E-state index in [9.17, 15) is 15.0 Å². The number of nitrogens with one attached hydrogen (secondary N) is 1. The van der Waals surface area contributed by atoms with Gasteiger partial charge in [-0.3, -0.25) is 4.79 Å². The number of halogens is 1. The lowest BCUT2D eigenvalue weighted by molar-refractivity contribution is 0.0166.